The van der Waals surface area contributed by atoms with Gasteiger partial charge in [-0.2, -0.15) is 0 Å². The summed E-state index contributed by atoms with van der Waals surface area (Å²) < 4.78 is 0. The summed E-state index contributed by atoms with van der Waals surface area (Å²) in [6.07, 6.45) is 2.86. The summed E-state index contributed by atoms with van der Waals surface area (Å²) in [5, 5.41) is 2.46. The van der Waals surface area contributed by atoms with Crippen LogP contribution in [-0.2, 0) is 20.9 Å². The van der Waals surface area contributed by atoms with Crippen molar-refractivity contribution in [1.29, 1.82) is 0 Å². The lowest BCUT2D eigenvalue weighted by Crippen LogP contribution is -2.47. The standard InChI is InChI=1S/C18H17N3O3/c22-16(12-11-14-7-3-1-4-8-14)20-21-18(24)17(23)19-13-15-9-5-2-6-10-15/h1-12H,13H2,(H,19,23)(H,20,22)(H,21,24). The number of hydrogen-bond donors (Lipinski definition) is 3. The molecule has 0 unspecified atom stereocenters. The molecule has 3 amide bonds. The molecule has 0 atom stereocenters. The Kier molecular flexibility index (Phi) is 6.28. The van der Waals surface area contributed by atoms with Crippen molar-refractivity contribution in [2.75, 3.05) is 0 Å². The first-order valence-corrected chi connectivity index (χ1v) is 7.30. The van der Waals surface area contributed by atoms with Gasteiger partial charge in [0.25, 0.3) is 5.91 Å². The van der Waals surface area contributed by atoms with Gasteiger partial charge < -0.3 is 5.32 Å². The first-order chi connectivity index (χ1) is 11.6. The molecule has 0 saturated carbocycles. The third-order valence-electron chi connectivity index (χ3n) is 3.03. The van der Waals surface area contributed by atoms with Crippen LogP contribution in [0.4, 0.5) is 0 Å². The Hall–Kier alpha value is -3.41. The van der Waals surface area contributed by atoms with E-state index < -0.39 is 17.7 Å². The van der Waals surface area contributed by atoms with Crippen molar-refractivity contribution in [2.24, 2.45) is 0 Å². The molecule has 0 radical (unpaired) electrons. The predicted octanol–water partition coefficient (Wildman–Crippen LogP) is 1.16. The normalized spacial score (nSPS) is 10.2. The van der Waals surface area contributed by atoms with Crippen molar-refractivity contribution in [2.45, 2.75) is 6.54 Å². The second-order valence-electron chi connectivity index (χ2n) is 4.86. The maximum absolute atomic E-state index is 11.6. The van der Waals surface area contributed by atoms with E-state index in [-0.39, 0.29) is 6.54 Å². The zero-order valence-electron chi connectivity index (χ0n) is 12.9. The fraction of sp³-hybridized carbons (Fsp3) is 0.0556. The van der Waals surface area contributed by atoms with Crippen LogP contribution in [0.5, 0.6) is 0 Å². The topological polar surface area (TPSA) is 87.3 Å². The highest BCUT2D eigenvalue weighted by molar-refractivity contribution is 6.35. The molecule has 3 N–H and O–H groups in total. The first kappa shape index (κ1) is 17.0. The minimum absolute atomic E-state index is 0.231. The molecule has 0 saturated heterocycles. The van der Waals surface area contributed by atoms with Gasteiger partial charge in [-0.15, -0.1) is 0 Å². The fourth-order valence-electron chi connectivity index (χ4n) is 1.81. The van der Waals surface area contributed by atoms with Crippen molar-refractivity contribution in [3.8, 4) is 0 Å². The highest BCUT2D eigenvalue weighted by atomic mass is 16.2. The molecule has 0 spiro atoms. The second-order valence-corrected chi connectivity index (χ2v) is 4.86. The van der Waals surface area contributed by atoms with E-state index in [0.717, 1.165) is 11.1 Å². The smallest absolute Gasteiger partial charge is 0.327 e. The number of benzene rings is 2. The average Bonchev–Trinajstić information content (AvgIpc) is 2.64. The molecule has 6 nitrogen and oxygen atoms in total. The number of rotatable bonds is 4. The van der Waals surface area contributed by atoms with E-state index >= 15 is 0 Å². The van der Waals surface area contributed by atoms with Crippen molar-refractivity contribution < 1.29 is 14.4 Å². The Labute approximate surface area is 139 Å². The number of nitrogens with one attached hydrogen (secondary N) is 3. The van der Waals surface area contributed by atoms with Crippen molar-refractivity contribution in [1.82, 2.24) is 16.2 Å². The largest absolute Gasteiger partial charge is 0.344 e. The van der Waals surface area contributed by atoms with Gasteiger partial charge in [0.2, 0.25) is 0 Å². The van der Waals surface area contributed by atoms with Gasteiger partial charge in [0.1, 0.15) is 0 Å². The molecule has 24 heavy (non-hydrogen) atoms. The van der Waals surface area contributed by atoms with Crippen LogP contribution < -0.4 is 16.2 Å². The van der Waals surface area contributed by atoms with Crippen LogP contribution >= 0.6 is 0 Å². The second kappa shape index (κ2) is 8.89. The molecule has 0 bridgehead atoms. The Balaban J connectivity index is 1.72. The number of carbonyl (C=O) groups is 3. The quantitative estimate of drug-likeness (QED) is 0.448. The highest BCUT2D eigenvalue weighted by Crippen LogP contribution is 2.00. The summed E-state index contributed by atoms with van der Waals surface area (Å²) in [7, 11) is 0. The summed E-state index contributed by atoms with van der Waals surface area (Å²) in [5.41, 5.74) is 5.91. The van der Waals surface area contributed by atoms with E-state index in [1.165, 1.54) is 6.08 Å². The highest BCUT2D eigenvalue weighted by Gasteiger charge is 2.13. The van der Waals surface area contributed by atoms with Gasteiger partial charge in [-0.05, 0) is 17.2 Å². The summed E-state index contributed by atoms with van der Waals surface area (Å²) in [5.74, 6) is -2.30. The Morgan fingerprint density at radius 2 is 1.42 bits per heavy atom. The van der Waals surface area contributed by atoms with Crippen molar-refractivity contribution >= 4 is 23.8 Å². The summed E-state index contributed by atoms with van der Waals surface area (Å²) >= 11 is 0. The third kappa shape index (κ3) is 5.76. The molecule has 2 rings (SSSR count). The van der Waals surface area contributed by atoms with E-state index in [9.17, 15) is 14.4 Å². The summed E-state index contributed by atoms with van der Waals surface area (Å²) in [6.45, 7) is 0.231. The van der Waals surface area contributed by atoms with Crippen LogP contribution in [0.15, 0.2) is 66.7 Å². The zero-order valence-corrected chi connectivity index (χ0v) is 12.9. The van der Waals surface area contributed by atoms with Crippen LogP contribution in [0, 0.1) is 0 Å². The molecule has 0 heterocycles. The van der Waals surface area contributed by atoms with Gasteiger partial charge in [-0.1, -0.05) is 60.7 Å². The molecule has 0 aliphatic heterocycles. The molecule has 0 aromatic heterocycles. The van der Waals surface area contributed by atoms with E-state index in [1.54, 1.807) is 6.08 Å². The number of amides is 3. The van der Waals surface area contributed by atoms with Gasteiger partial charge in [-0.3, -0.25) is 25.2 Å². The van der Waals surface area contributed by atoms with E-state index in [1.807, 2.05) is 60.7 Å². The van der Waals surface area contributed by atoms with Gasteiger partial charge in [0, 0.05) is 12.6 Å². The molecule has 6 heteroatoms. The van der Waals surface area contributed by atoms with Crippen molar-refractivity contribution in [3.05, 3.63) is 77.9 Å². The number of hydrogen-bond acceptors (Lipinski definition) is 3. The third-order valence-corrected chi connectivity index (χ3v) is 3.03. The lowest BCUT2D eigenvalue weighted by Gasteiger charge is -2.06. The molecular weight excluding hydrogens is 306 g/mol. The Morgan fingerprint density at radius 1 is 0.792 bits per heavy atom. The van der Waals surface area contributed by atoms with E-state index in [2.05, 4.69) is 16.2 Å². The van der Waals surface area contributed by atoms with Gasteiger partial charge in [-0.25, -0.2) is 0 Å². The maximum Gasteiger partial charge on any atom is 0.327 e. The van der Waals surface area contributed by atoms with Crippen LogP contribution in [0.3, 0.4) is 0 Å². The monoisotopic (exact) mass is 323 g/mol. The minimum atomic E-state index is -0.938. The Morgan fingerprint density at radius 3 is 2.08 bits per heavy atom. The average molecular weight is 323 g/mol. The molecule has 122 valence electrons. The minimum Gasteiger partial charge on any atom is -0.344 e. The van der Waals surface area contributed by atoms with E-state index in [4.69, 9.17) is 0 Å². The maximum atomic E-state index is 11.6. The van der Waals surface area contributed by atoms with Gasteiger partial charge >= 0.3 is 11.8 Å². The predicted molar refractivity (Wildman–Crippen MR) is 90.1 cm³/mol. The van der Waals surface area contributed by atoms with E-state index in [0.29, 0.717) is 0 Å². The SMILES string of the molecule is O=C(C=Cc1ccccc1)NNC(=O)C(=O)NCc1ccccc1. The Bertz CT molecular complexity index is 728. The summed E-state index contributed by atoms with van der Waals surface area (Å²) in [4.78, 5) is 34.8. The lowest BCUT2D eigenvalue weighted by molar-refractivity contribution is -0.140. The molecule has 0 fully saturated rings. The van der Waals surface area contributed by atoms with Crippen LogP contribution in [0.1, 0.15) is 11.1 Å². The van der Waals surface area contributed by atoms with Gasteiger partial charge in [0.15, 0.2) is 0 Å². The molecule has 2 aromatic rings. The molecular formula is C18H17N3O3. The molecule has 2 aromatic carbocycles. The van der Waals surface area contributed by atoms with Gasteiger partial charge in [0.05, 0.1) is 0 Å². The molecule has 0 aliphatic carbocycles. The van der Waals surface area contributed by atoms with Crippen LogP contribution in [-0.4, -0.2) is 17.7 Å². The number of hydrazine groups is 1. The summed E-state index contributed by atoms with van der Waals surface area (Å²) in [6, 6.07) is 18.4. The zero-order chi connectivity index (χ0) is 17.2. The van der Waals surface area contributed by atoms with Crippen LogP contribution in [0.2, 0.25) is 0 Å². The van der Waals surface area contributed by atoms with Crippen molar-refractivity contribution in [3.63, 3.8) is 0 Å². The first-order valence-electron chi connectivity index (χ1n) is 7.30. The number of carbonyl (C=O) groups excluding carboxylic acids is 3. The fourth-order valence-corrected chi connectivity index (χ4v) is 1.81. The molecule has 0 aliphatic rings. The lowest BCUT2D eigenvalue weighted by atomic mass is 10.2. The van der Waals surface area contributed by atoms with Crippen LogP contribution in [0.25, 0.3) is 6.08 Å².